The third-order valence-corrected chi connectivity index (χ3v) is 3.54. The Hall–Kier alpha value is -2.95. The van der Waals surface area contributed by atoms with Crippen molar-refractivity contribution in [2.45, 2.75) is 6.61 Å². The van der Waals surface area contributed by atoms with Gasteiger partial charge in [0, 0.05) is 35.8 Å². The van der Waals surface area contributed by atoms with E-state index in [2.05, 4.69) is 0 Å². The summed E-state index contributed by atoms with van der Waals surface area (Å²) < 4.78 is 7.54. The highest BCUT2D eigenvalue weighted by molar-refractivity contribution is 6.04. The van der Waals surface area contributed by atoms with Gasteiger partial charge in [-0.1, -0.05) is 12.1 Å². The Bertz CT molecular complexity index is 851. The second kappa shape index (κ2) is 5.44. The van der Waals surface area contributed by atoms with Crippen LogP contribution < -0.4 is 4.74 Å². The van der Waals surface area contributed by atoms with E-state index in [0.717, 1.165) is 11.1 Å². The average Bonchev–Trinajstić information content (AvgIpc) is 2.82. The zero-order valence-corrected chi connectivity index (χ0v) is 12.0. The number of aryl methyl sites for hydroxylation is 1. The number of benzene rings is 2. The fourth-order valence-electron chi connectivity index (χ4n) is 2.56. The van der Waals surface area contributed by atoms with Crippen LogP contribution in [0.1, 0.15) is 15.9 Å². The molecular weight excluding hydrogens is 282 g/mol. The molecular formula is C17H15NO4. The molecule has 0 aliphatic rings. The van der Waals surface area contributed by atoms with Gasteiger partial charge in [-0.05, 0) is 24.3 Å². The topological polar surface area (TPSA) is 71.7 Å². The van der Waals surface area contributed by atoms with Crippen LogP contribution >= 0.6 is 0 Å². The Morgan fingerprint density at radius 2 is 2.00 bits per heavy atom. The Morgan fingerprint density at radius 3 is 2.73 bits per heavy atom. The highest BCUT2D eigenvalue weighted by Gasteiger charge is 2.15. The van der Waals surface area contributed by atoms with Crippen LogP contribution in [0.2, 0.25) is 0 Å². The summed E-state index contributed by atoms with van der Waals surface area (Å²) in [6.45, 7) is 0.227. The molecule has 0 amide bonds. The van der Waals surface area contributed by atoms with Crippen LogP contribution in [0, 0.1) is 0 Å². The number of aromatic hydroxyl groups is 1. The molecule has 22 heavy (non-hydrogen) atoms. The molecule has 1 heterocycles. The van der Waals surface area contributed by atoms with Crippen LogP contribution in [0.3, 0.4) is 0 Å². The molecule has 112 valence electrons. The molecule has 0 aliphatic carbocycles. The molecule has 0 saturated heterocycles. The predicted molar refractivity (Wildman–Crippen MR) is 82.3 cm³/mol. The second-order valence-electron chi connectivity index (χ2n) is 5.06. The van der Waals surface area contributed by atoms with Gasteiger partial charge in [-0.15, -0.1) is 0 Å². The van der Waals surface area contributed by atoms with E-state index in [1.165, 1.54) is 6.07 Å². The van der Waals surface area contributed by atoms with E-state index < -0.39 is 5.97 Å². The van der Waals surface area contributed by atoms with E-state index in [9.17, 15) is 15.0 Å². The Morgan fingerprint density at radius 1 is 1.23 bits per heavy atom. The van der Waals surface area contributed by atoms with Crippen LogP contribution in [0.4, 0.5) is 0 Å². The van der Waals surface area contributed by atoms with Crippen molar-refractivity contribution in [3.8, 4) is 11.5 Å². The minimum absolute atomic E-state index is 0.127. The monoisotopic (exact) mass is 297 g/mol. The molecule has 0 bridgehead atoms. The molecule has 2 aromatic carbocycles. The third kappa shape index (κ3) is 2.48. The summed E-state index contributed by atoms with van der Waals surface area (Å²) in [5.74, 6) is -0.304. The van der Waals surface area contributed by atoms with Gasteiger partial charge >= 0.3 is 5.97 Å². The summed E-state index contributed by atoms with van der Waals surface area (Å²) >= 11 is 0. The number of phenols is 1. The largest absolute Gasteiger partial charge is 0.508 e. The lowest BCUT2D eigenvalue weighted by atomic mass is 10.1. The van der Waals surface area contributed by atoms with Crippen molar-refractivity contribution in [3.05, 3.63) is 59.8 Å². The lowest BCUT2D eigenvalue weighted by molar-refractivity contribution is 0.0699. The van der Waals surface area contributed by atoms with Gasteiger partial charge < -0.3 is 19.5 Å². The lowest BCUT2D eigenvalue weighted by Crippen LogP contribution is -2.00. The maximum Gasteiger partial charge on any atom is 0.336 e. The first-order valence-corrected chi connectivity index (χ1v) is 6.78. The van der Waals surface area contributed by atoms with E-state index >= 15 is 0 Å². The molecule has 0 saturated carbocycles. The zero-order chi connectivity index (χ0) is 15.7. The third-order valence-electron chi connectivity index (χ3n) is 3.54. The maximum atomic E-state index is 11.4. The number of carbonyl (C=O) groups is 1. The van der Waals surface area contributed by atoms with Crippen LogP contribution in [0.15, 0.2) is 48.7 Å². The normalized spacial score (nSPS) is 10.8. The van der Waals surface area contributed by atoms with Gasteiger partial charge in [0.25, 0.3) is 0 Å². The minimum atomic E-state index is -0.963. The second-order valence-corrected chi connectivity index (χ2v) is 5.06. The van der Waals surface area contributed by atoms with Gasteiger partial charge in [0.05, 0.1) is 5.56 Å². The number of phenolic OH excluding ortho intramolecular Hbond substituents is 1. The first-order chi connectivity index (χ1) is 10.6. The molecule has 2 N–H and O–H groups in total. The Labute approximate surface area is 127 Å². The number of hydrogen-bond donors (Lipinski definition) is 2. The smallest absolute Gasteiger partial charge is 0.336 e. The fraction of sp³-hybridized carbons (Fsp3) is 0.118. The van der Waals surface area contributed by atoms with Crippen molar-refractivity contribution in [1.29, 1.82) is 0 Å². The lowest BCUT2D eigenvalue weighted by Gasteiger charge is -2.06. The van der Waals surface area contributed by atoms with Gasteiger partial charge in [0.2, 0.25) is 0 Å². The highest BCUT2D eigenvalue weighted by Crippen LogP contribution is 2.26. The summed E-state index contributed by atoms with van der Waals surface area (Å²) in [6, 6.07) is 11.7. The summed E-state index contributed by atoms with van der Waals surface area (Å²) in [6.07, 6.45) is 1.86. The number of aromatic carboxylic acids is 1. The van der Waals surface area contributed by atoms with Crippen molar-refractivity contribution >= 4 is 16.9 Å². The molecule has 0 spiro atoms. The molecule has 0 radical (unpaired) electrons. The molecule has 3 aromatic rings. The summed E-state index contributed by atoms with van der Waals surface area (Å²) in [7, 11) is 1.87. The minimum Gasteiger partial charge on any atom is -0.508 e. The van der Waals surface area contributed by atoms with Gasteiger partial charge in [-0.3, -0.25) is 0 Å². The number of carboxylic acid groups (broad SMARTS) is 1. The van der Waals surface area contributed by atoms with Gasteiger partial charge in [-0.25, -0.2) is 4.79 Å². The summed E-state index contributed by atoms with van der Waals surface area (Å²) in [5, 5.41) is 19.5. The van der Waals surface area contributed by atoms with Crippen LogP contribution in [-0.2, 0) is 13.7 Å². The molecule has 5 heteroatoms. The van der Waals surface area contributed by atoms with Crippen molar-refractivity contribution in [1.82, 2.24) is 4.57 Å². The molecule has 0 atom stereocenters. The standard InChI is InChI=1S/C17H15NO4/c1-18-9-11(10-22-13-5-2-4-12(19)8-13)16-14(17(20)21)6-3-7-15(16)18/h2-9,19H,10H2,1H3,(H,20,21). The number of ether oxygens (including phenoxy) is 1. The van der Waals surface area contributed by atoms with E-state index in [4.69, 9.17) is 4.74 Å². The summed E-state index contributed by atoms with van der Waals surface area (Å²) in [4.78, 5) is 11.4. The van der Waals surface area contributed by atoms with Crippen LogP contribution in [0.5, 0.6) is 11.5 Å². The summed E-state index contributed by atoms with van der Waals surface area (Å²) in [5.41, 5.74) is 1.89. The Kier molecular flexibility index (Phi) is 3.47. The molecule has 0 unspecified atom stereocenters. The highest BCUT2D eigenvalue weighted by atomic mass is 16.5. The van der Waals surface area contributed by atoms with E-state index in [-0.39, 0.29) is 17.9 Å². The number of rotatable bonds is 4. The first kappa shape index (κ1) is 14.0. The van der Waals surface area contributed by atoms with Crippen molar-refractivity contribution in [3.63, 3.8) is 0 Å². The van der Waals surface area contributed by atoms with E-state index in [0.29, 0.717) is 11.1 Å². The van der Waals surface area contributed by atoms with Gasteiger partial charge in [0.15, 0.2) is 0 Å². The number of fused-ring (bicyclic) bond motifs is 1. The number of nitrogens with zero attached hydrogens (tertiary/aromatic N) is 1. The number of hydrogen-bond acceptors (Lipinski definition) is 3. The van der Waals surface area contributed by atoms with Crippen molar-refractivity contribution in [2.24, 2.45) is 7.05 Å². The van der Waals surface area contributed by atoms with E-state index in [1.54, 1.807) is 30.3 Å². The van der Waals surface area contributed by atoms with Crippen molar-refractivity contribution in [2.75, 3.05) is 0 Å². The molecule has 3 rings (SSSR count). The van der Waals surface area contributed by atoms with Gasteiger partial charge in [0.1, 0.15) is 18.1 Å². The van der Waals surface area contributed by atoms with Crippen LogP contribution in [-0.4, -0.2) is 20.7 Å². The number of carboxylic acids is 1. The molecule has 0 aliphatic heterocycles. The van der Waals surface area contributed by atoms with E-state index in [1.807, 2.05) is 23.9 Å². The molecule has 5 nitrogen and oxygen atoms in total. The SMILES string of the molecule is Cn1cc(COc2cccc(O)c2)c2c(C(=O)O)cccc21. The molecule has 1 aromatic heterocycles. The first-order valence-electron chi connectivity index (χ1n) is 6.78. The Balaban J connectivity index is 1.98. The zero-order valence-electron chi connectivity index (χ0n) is 12.0. The van der Waals surface area contributed by atoms with Crippen molar-refractivity contribution < 1.29 is 19.7 Å². The van der Waals surface area contributed by atoms with Crippen LogP contribution in [0.25, 0.3) is 10.9 Å². The average molecular weight is 297 g/mol. The van der Waals surface area contributed by atoms with Gasteiger partial charge in [-0.2, -0.15) is 0 Å². The maximum absolute atomic E-state index is 11.4. The number of aromatic nitrogens is 1. The quantitative estimate of drug-likeness (QED) is 0.776. The molecule has 0 fully saturated rings. The predicted octanol–water partition coefficient (Wildman–Crippen LogP) is 3.16. The fourth-order valence-corrected chi connectivity index (χ4v) is 2.56.